The Balaban J connectivity index is 2.00. The molecule has 1 saturated carbocycles. The minimum Gasteiger partial charge on any atom is -0.484 e. The quantitative estimate of drug-likeness (QED) is 0.844. The summed E-state index contributed by atoms with van der Waals surface area (Å²) in [6, 6.07) is 5.84. The monoisotopic (exact) mass is 265 g/mol. The topological polar surface area (TPSA) is 21.3 Å². The highest BCUT2D eigenvalue weighted by Crippen LogP contribution is 2.40. The average molecular weight is 265 g/mol. The molecule has 0 saturated heterocycles. The van der Waals surface area contributed by atoms with Gasteiger partial charge < -0.3 is 10.1 Å². The molecule has 0 bridgehead atoms. The predicted octanol–water partition coefficient (Wildman–Crippen LogP) is 3.82. The van der Waals surface area contributed by atoms with Crippen molar-refractivity contribution >= 4 is 0 Å². The molecule has 3 heteroatoms. The van der Waals surface area contributed by atoms with E-state index in [1.54, 1.807) is 19.1 Å². The van der Waals surface area contributed by atoms with Crippen molar-refractivity contribution in [3.8, 4) is 5.75 Å². The lowest BCUT2D eigenvalue weighted by Gasteiger charge is -2.42. The second-order valence-corrected chi connectivity index (χ2v) is 5.88. The Morgan fingerprint density at radius 3 is 2.68 bits per heavy atom. The number of hydrogen-bond donors (Lipinski definition) is 1. The summed E-state index contributed by atoms with van der Waals surface area (Å²) in [5.74, 6) is 0.190. The molecule has 0 amide bonds. The van der Waals surface area contributed by atoms with Crippen LogP contribution in [0, 0.1) is 12.7 Å². The zero-order chi connectivity index (χ0) is 13.9. The summed E-state index contributed by atoms with van der Waals surface area (Å²) in [6.45, 7) is 6.96. The van der Waals surface area contributed by atoms with Crippen molar-refractivity contribution in [3.63, 3.8) is 0 Å². The van der Waals surface area contributed by atoms with Gasteiger partial charge in [-0.15, -0.1) is 0 Å². The highest BCUT2D eigenvalue weighted by atomic mass is 19.1. The minimum atomic E-state index is -0.217. The van der Waals surface area contributed by atoms with E-state index in [4.69, 9.17) is 4.74 Å². The van der Waals surface area contributed by atoms with Gasteiger partial charge in [0.1, 0.15) is 5.60 Å². The standard InChI is InChI=1S/C16H24FNO/c1-12(2)18-11-10-16(8-5-9-16)19-14-7-4-6-13(3)15(14)17/h4,6-7,12,18H,5,8-11H2,1-3H3. The molecule has 1 aromatic carbocycles. The Bertz CT molecular complexity index is 427. The smallest absolute Gasteiger partial charge is 0.167 e. The number of ether oxygens (including phenoxy) is 1. The summed E-state index contributed by atoms with van der Waals surface area (Å²) in [5.41, 5.74) is 0.489. The largest absolute Gasteiger partial charge is 0.484 e. The molecule has 19 heavy (non-hydrogen) atoms. The Hall–Kier alpha value is -1.09. The number of hydrogen-bond acceptors (Lipinski definition) is 2. The van der Waals surface area contributed by atoms with E-state index in [-0.39, 0.29) is 11.4 Å². The fraction of sp³-hybridized carbons (Fsp3) is 0.625. The Kier molecular flexibility index (Phi) is 4.46. The van der Waals surface area contributed by atoms with E-state index < -0.39 is 0 Å². The number of halogens is 1. The second kappa shape index (κ2) is 5.91. The molecule has 0 radical (unpaired) electrons. The van der Waals surface area contributed by atoms with Gasteiger partial charge in [-0.2, -0.15) is 0 Å². The maximum Gasteiger partial charge on any atom is 0.167 e. The summed E-state index contributed by atoms with van der Waals surface area (Å²) in [6.07, 6.45) is 4.17. The van der Waals surface area contributed by atoms with Crippen molar-refractivity contribution in [3.05, 3.63) is 29.6 Å². The molecule has 0 aliphatic heterocycles. The third-order valence-corrected chi connectivity index (χ3v) is 3.88. The SMILES string of the molecule is Cc1cccc(OC2(CCNC(C)C)CCC2)c1F. The van der Waals surface area contributed by atoms with Gasteiger partial charge in [-0.05, 0) is 50.8 Å². The zero-order valence-corrected chi connectivity index (χ0v) is 12.1. The lowest BCUT2D eigenvalue weighted by molar-refractivity contribution is -0.0175. The molecular weight excluding hydrogens is 241 g/mol. The van der Waals surface area contributed by atoms with Gasteiger partial charge in [-0.3, -0.25) is 0 Å². The van der Waals surface area contributed by atoms with Crippen LogP contribution in [0.4, 0.5) is 4.39 Å². The van der Waals surface area contributed by atoms with Gasteiger partial charge in [0.15, 0.2) is 11.6 Å². The van der Waals surface area contributed by atoms with Gasteiger partial charge in [-0.1, -0.05) is 26.0 Å². The Morgan fingerprint density at radius 2 is 2.11 bits per heavy atom. The summed E-state index contributed by atoms with van der Waals surface area (Å²) in [5, 5.41) is 3.41. The molecule has 1 aliphatic rings. The van der Waals surface area contributed by atoms with E-state index in [1.165, 1.54) is 6.42 Å². The second-order valence-electron chi connectivity index (χ2n) is 5.88. The van der Waals surface area contributed by atoms with Gasteiger partial charge >= 0.3 is 0 Å². The minimum absolute atomic E-state index is 0.156. The van der Waals surface area contributed by atoms with Crippen LogP contribution >= 0.6 is 0 Å². The first-order valence-corrected chi connectivity index (χ1v) is 7.20. The molecule has 0 atom stereocenters. The summed E-state index contributed by atoms with van der Waals surface area (Å²) in [4.78, 5) is 0. The van der Waals surface area contributed by atoms with E-state index in [9.17, 15) is 4.39 Å². The molecule has 1 aromatic rings. The highest BCUT2D eigenvalue weighted by Gasteiger charge is 2.39. The van der Waals surface area contributed by atoms with Crippen molar-refractivity contribution < 1.29 is 9.13 Å². The van der Waals surface area contributed by atoms with E-state index in [1.807, 2.05) is 6.07 Å². The van der Waals surface area contributed by atoms with Gasteiger partial charge in [0.2, 0.25) is 0 Å². The summed E-state index contributed by atoms with van der Waals surface area (Å²) < 4.78 is 20.0. The number of nitrogens with one attached hydrogen (secondary N) is 1. The Morgan fingerprint density at radius 1 is 1.37 bits per heavy atom. The number of benzene rings is 1. The van der Waals surface area contributed by atoms with Crippen LogP contribution in [0.2, 0.25) is 0 Å². The fourth-order valence-electron chi connectivity index (χ4n) is 2.50. The molecule has 1 fully saturated rings. The van der Waals surface area contributed by atoms with Crippen molar-refractivity contribution in [1.29, 1.82) is 0 Å². The highest BCUT2D eigenvalue weighted by molar-refractivity contribution is 5.31. The van der Waals surface area contributed by atoms with Crippen LogP contribution < -0.4 is 10.1 Å². The van der Waals surface area contributed by atoms with E-state index in [2.05, 4.69) is 19.2 Å². The van der Waals surface area contributed by atoms with Crippen molar-refractivity contribution in [2.24, 2.45) is 0 Å². The van der Waals surface area contributed by atoms with Crippen LogP contribution in [0.1, 0.15) is 45.1 Å². The molecule has 0 unspecified atom stereocenters. The first-order chi connectivity index (χ1) is 9.02. The van der Waals surface area contributed by atoms with Crippen LogP contribution in [0.3, 0.4) is 0 Å². The van der Waals surface area contributed by atoms with Crippen molar-refractivity contribution in [2.75, 3.05) is 6.54 Å². The number of rotatable bonds is 6. The molecule has 0 aromatic heterocycles. The maximum absolute atomic E-state index is 14.0. The lowest BCUT2D eigenvalue weighted by Crippen LogP contribution is -2.46. The molecule has 2 nitrogen and oxygen atoms in total. The average Bonchev–Trinajstić information content (AvgIpc) is 2.31. The summed E-state index contributed by atoms with van der Waals surface area (Å²) >= 11 is 0. The van der Waals surface area contributed by atoms with Gasteiger partial charge in [-0.25, -0.2) is 4.39 Å². The number of aryl methyl sites for hydroxylation is 1. The molecular formula is C16H24FNO. The molecule has 0 heterocycles. The first-order valence-electron chi connectivity index (χ1n) is 7.20. The third-order valence-electron chi connectivity index (χ3n) is 3.88. The van der Waals surface area contributed by atoms with Crippen molar-refractivity contribution in [1.82, 2.24) is 5.32 Å². The zero-order valence-electron chi connectivity index (χ0n) is 12.1. The van der Waals surface area contributed by atoms with Gasteiger partial charge in [0, 0.05) is 6.04 Å². The van der Waals surface area contributed by atoms with Crippen LogP contribution in [-0.4, -0.2) is 18.2 Å². The van der Waals surface area contributed by atoms with Crippen LogP contribution in [-0.2, 0) is 0 Å². The van der Waals surface area contributed by atoms with E-state index >= 15 is 0 Å². The van der Waals surface area contributed by atoms with Gasteiger partial charge in [0.25, 0.3) is 0 Å². The summed E-state index contributed by atoms with van der Waals surface area (Å²) in [7, 11) is 0. The molecule has 106 valence electrons. The predicted molar refractivity (Wildman–Crippen MR) is 76.1 cm³/mol. The molecule has 1 N–H and O–H groups in total. The fourth-order valence-corrected chi connectivity index (χ4v) is 2.50. The third kappa shape index (κ3) is 3.47. The van der Waals surface area contributed by atoms with E-state index in [0.29, 0.717) is 17.4 Å². The van der Waals surface area contributed by atoms with E-state index in [0.717, 1.165) is 25.8 Å². The Labute approximate surface area is 115 Å². The molecule has 1 aliphatic carbocycles. The van der Waals surface area contributed by atoms with Crippen LogP contribution in [0.5, 0.6) is 5.75 Å². The maximum atomic E-state index is 14.0. The normalized spacial score (nSPS) is 17.3. The first kappa shape index (κ1) is 14.3. The van der Waals surface area contributed by atoms with Gasteiger partial charge in [0.05, 0.1) is 0 Å². The van der Waals surface area contributed by atoms with Crippen LogP contribution in [0.15, 0.2) is 18.2 Å². The van der Waals surface area contributed by atoms with Crippen molar-refractivity contribution in [2.45, 2.75) is 58.1 Å². The van der Waals surface area contributed by atoms with Crippen LogP contribution in [0.25, 0.3) is 0 Å². The molecule has 0 spiro atoms. The lowest BCUT2D eigenvalue weighted by atomic mass is 9.77. The molecule has 2 rings (SSSR count).